The number of carbonyl (C=O) groups excluding carboxylic acids is 1. The van der Waals surface area contributed by atoms with Gasteiger partial charge in [-0.1, -0.05) is 34.6 Å². The van der Waals surface area contributed by atoms with Crippen molar-refractivity contribution in [2.75, 3.05) is 6.61 Å². The van der Waals surface area contributed by atoms with E-state index in [1.165, 1.54) is 0 Å². The van der Waals surface area contributed by atoms with Gasteiger partial charge in [0.25, 0.3) is 0 Å². The molecule has 0 N–H and O–H groups in total. The van der Waals surface area contributed by atoms with Crippen LogP contribution < -0.4 is 0 Å². The normalized spacial score (nSPS) is 28.3. The first kappa shape index (κ1) is 17.7. The minimum atomic E-state index is -1.89. The first-order chi connectivity index (χ1) is 9.90. The van der Waals surface area contributed by atoms with Crippen LogP contribution in [0.2, 0.25) is 18.1 Å². The van der Waals surface area contributed by atoms with Crippen molar-refractivity contribution >= 4 is 14.1 Å². The standard InChI is InChI=1S/C18H32O3Si/c1-9-20-15-13(19)10-12-11-18(5,6)16(14(12)15)21-22(7,8)17(2,3)4/h12,16H,9-11H2,1-8H3/t12-,16-/m1/s1. The lowest BCUT2D eigenvalue weighted by Crippen LogP contribution is -2.47. The van der Waals surface area contributed by atoms with Crippen molar-refractivity contribution in [3.63, 3.8) is 0 Å². The lowest BCUT2D eigenvalue weighted by molar-refractivity contribution is -0.118. The van der Waals surface area contributed by atoms with Crippen molar-refractivity contribution in [2.24, 2.45) is 11.3 Å². The summed E-state index contributed by atoms with van der Waals surface area (Å²) in [6.07, 6.45) is 1.64. The van der Waals surface area contributed by atoms with E-state index in [1.807, 2.05) is 6.92 Å². The van der Waals surface area contributed by atoms with Gasteiger partial charge in [-0.15, -0.1) is 0 Å². The van der Waals surface area contributed by atoms with Gasteiger partial charge < -0.3 is 9.16 Å². The van der Waals surface area contributed by atoms with Gasteiger partial charge in [0, 0.05) is 12.0 Å². The third-order valence-corrected chi connectivity index (χ3v) is 10.1. The Morgan fingerprint density at radius 3 is 2.36 bits per heavy atom. The molecule has 0 spiro atoms. The Bertz CT molecular complexity index is 497. The summed E-state index contributed by atoms with van der Waals surface area (Å²) in [5, 5.41) is 0.163. The summed E-state index contributed by atoms with van der Waals surface area (Å²) in [5.74, 6) is 1.10. The fourth-order valence-corrected chi connectivity index (χ4v) is 4.84. The summed E-state index contributed by atoms with van der Waals surface area (Å²) >= 11 is 0. The molecule has 0 radical (unpaired) electrons. The maximum Gasteiger partial charge on any atom is 0.198 e. The lowest BCUT2D eigenvalue weighted by atomic mass is 9.87. The molecule has 4 heteroatoms. The number of allylic oxidation sites excluding steroid dienone is 1. The minimum Gasteiger partial charge on any atom is -0.490 e. The molecule has 0 amide bonds. The number of hydrogen-bond donors (Lipinski definition) is 0. The molecule has 22 heavy (non-hydrogen) atoms. The van der Waals surface area contributed by atoms with Crippen molar-refractivity contribution < 1.29 is 14.0 Å². The summed E-state index contributed by atoms with van der Waals surface area (Å²) in [5.41, 5.74) is 1.22. The predicted octanol–water partition coefficient (Wildman–Crippen LogP) is 4.69. The molecule has 0 aromatic carbocycles. The third kappa shape index (κ3) is 2.92. The van der Waals surface area contributed by atoms with E-state index >= 15 is 0 Å². The van der Waals surface area contributed by atoms with Crippen LogP contribution in [0.15, 0.2) is 11.3 Å². The van der Waals surface area contributed by atoms with Crippen LogP contribution in [0.4, 0.5) is 0 Å². The van der Waals surface area contributed by atoms with Crippen LogP contribution in [0.1, 0.15) is 54.4 Å². The molecule has 0 saturated heterocycles. The fourth-order valence-electron chi connectivity index (χ4n) is 3.45. The van der Waals surface area contributed by atoms with Crippen LogP contribution in [0.5, 0.6) is 0 Å². The van der Waals surface area contributed by atoms with Crippen LogP contribution in [-0.2, 0) is 14.0 Å². The highest BCUT2D eigenvalue weighted by Gasteiger charge is 2.54. The van der Waals surface area contributed by atoms with Gasteiger partial charge in [-0.25, -0.2) is 0 Å². The molecule has 1 fully saturated rings. The molecule has 0 heterocycles. The second-order valence-electron chi connectivity index (χ2n) is 8.99. The second-order valence-corrected chi connectivity index (χ2v) is 13.7. The molecule has 126 valence electrons. The number of hydrogen-bond acceptors (Lipinski definition) is 3. The molecule has 0 aromatic rings. The van der Waals surface area contributed by atoms with Gasteiger partial charge in [-0.05, 0) is 42.8 Å². The third-order valence-electron chi connectivity index (χ3n) is 5.66. The van der Waals surface area contributed by atoms with Gasteiger partial charge in [0.15, 0.2) is 19.9 Å². The molecule has 0 aliphatic heterocycles. The summed E-state index contributed by atoms with van der Waals surface area (Å²) in [7, 11) is -1.89. The quantitative estimate of drug-likeness (QED) is 0.704. The van der Waals surface area contributed by atoms with Gasteiger partial charge in [-0.3, -0.25) is 4.79 Å². The number of Topliss-reactive ketones (excluding diaryl/α,β-unsaturated/α-hetero) is 1. The highest BCUT2D eigenvalue weighted by Crippen LogP contribution is 2.54. The average molecular weight is 325 g/mol. The van der Waals surface area contributed by atoms with Gasteiger partial charge in [-0.2, -0.15) is 0 Å². The lowest BCUT2D eigenvalue weighted by Gasteiger charge is -2.42. The van der Waals surface area contributed by atoms with Gasteiger partial charge in [0.2, 0.25) is 0 Å². The van der Waals surface area contributed by atoms with Crippen molar-refractivity contribution in [1.29, 1.82) is 0 Å². The Labute approximate surface area is 136 Å². The summed E-state index contributed by atoms with van der Waals surface area (Å²) in [4.78, 5) is 12.3. The number of rotatable bonds is 4. The van der Waals surface area contributed by atoms with Gasteiger partial charge in [0.1, 0.15) is 0 Å². The molecular formula is C18H32O3Si. The summed E-state index contributed by atoms with van der Waals surface area (Å²) < 4.78 is 12.5. The molecule has 1 saturated carbocycles. The summed E-state index contributed by atoms with van der Waals surface area (Å²) in [6.45, 7) is 18.4. The highest BCUT2D eigenvalue weighted by molar-refractivity contribution is 6.74. The molecule has 0 bridgehead atoms. The van der Waals surface area contributed by atoms with E-state index in [9.17, 15) is 4.79 Å². The molecule has 2 aliphatic rings. The first-order valence-corrected chi connectivity index (χ1v) is 11.4. The molecular weight excluding hydrogens is 292 g/mol. The maximum absolute atomic E-state index is 12.3. The highest BCUT2D eigenvalue weighted by atomic mass is 28.4. The molecule has 0 aromatic heterocycles. The Kier molecular flexibility index (Phi) is 4.42. The van der Waals surface area contributed by atoms with E-state index < -0.39 is 8.32 Å². The average Bonchev–Trinajstić information content (AvgIpc) is 2.72. The molecule has 0 unspecified atom stereocenters. The molecule has 2 aliphatic carbocycles. The number of ketones is 1. The Morgan fingerprint density at radius 2 is 1.86 bits per heavy atom. The maximum atomic E-state index is 12.3. The largest absolute Gasteiger partial charge is 0.490 e. The van der Waals surface area contributed by atoms with Crippen LogP contribution in [0.25, 0.3) is 0 Å². The smallest absolute Gasteiger partial charge is 0.198 e. The first-order valence-electron chi connectivity index (χ1n) is 8.48. The molecule has 3 nitrogen and oxygen atoms in total. The van der Waals surface area contributed by atoms with Crippen LogP contribution >= 0.6 is 0 Å². The Hall–Kier alpha value is -0.613. The summed E-state index contributed by atoms with van der Waals surface area (Å²) in [6, 6.07) is 0. The number of carbonyl (C=O) groups is 1. The van der Waals surface area contributed by atoms with Crippen LogP contribution in [-0.4, -0.2) is 26.8 Å². The topological polar surface area (TPSA) is 35.5 Å². The van der Waals surface area contributed by atoms with Crippen molar-refractivity contribution in [1.82, 2.24) is 0 Å². The zero-order chi connectivity index (χ0) is 16.9. The Balaban J connectivity index is 2.41. The van der Waals surface area contributed by atoms with Gasteiger partial charge in [0.05, 0.1) is 12.7 Å². The fraction of sp³-hybridized carbons (Fsp3) is 0.833. The van der Waals surface area contributed by atoms with E-state index in [4.69, 9.17) is 9.16 Å². The van der Waals surface area contributed by atoms with Crippen molar-refractivity contribution in [3.05, 3.63) is 11.3 Å². The van der Waals surface area contributed by atoms with Crippen LogP contribution in [0, 0.1) is 11.3 Å². The van der Waals surface area contributed by atoms with E-state index in [0.717, 1.165) is 12.0 Å². The minimum absolute atomic E-state index is 0.0198. The van der Waals surface area contributed by atoms with Gasteiger partial charge >= 0.3 is 0 Å². The van der Waals surface area contributed by atoms with E-state index in [-0.39, 0.29) is 22.3 Å². The predicted molar refractivity (Wildman–Crippen MR) is 92.2 cm³/mol. The SMILES string of the molecule is CCOC1=C2[C@H](CC1=O)CC(C)(C)[C@@H]2O[Si](C)(C)C(C)(C)C. The van der Waals surface area contributed by atoms with E-state index in [1.54, 1.807) is 0 Å². The monoisotopic (exact) mass is 324 g/mol. The van der Waals surface area contributed by atoms with E-state index in [0.29, 0.717) is 24.7 Å². The second kappa shape index (κ2) is 5.48. The Morgan fingerprint density at radius 1 is 1.27 bits per heavy atom. The van der Waals surface area contributed by atoms with Crippen molar-refractivity contribution in [3.8, 4) is 0 Å². The molecule has 2 atom stereocenters. The molecule has 2 rings (SSSR count). The number of ether oxygens (including phenoxy) is 1. The zero-order valence-corrected chi connectivity index (χ0v) is 16.5. The number of fused-ring (bicyclic) bond motifs is 1. The van der Waals surface area contributed by atoms with Crippen LogP contribution in [0.3, 0.4) is 0 Å². The zero-order valence-electron chi connectivity index (χ0n) is 15.5. The van der Waals surface area contributed by atoms with E-state index in [2.05, 4.69) is 47.7 Å². The van der Waals surface area contributed by atoms with Crippen molar-refractivity contribution in [2.45, 2.75) is 78.6 Å².